The highest BCUT2D eigenvalue weighted by atomic mass is 35.5. The molecule has 1 saturated heterocycles. The van der Waals surface area contributed by atoms with Crippen LogP contribution < -0.4 is 5.32 Å². The van der Waals surface area contributed by atoms with Gasteiger partial charge in [-0.1, -0.05) is 11.6 Å². The second-order valence-electron chi connectivity index (χ2n) is 3.77. The average molecular weight is 293 g/mol. The fourth-order valence-electron chi connectivity index (χ4n) is 1.70. The topological polar surface area (TPSA) is 90.2 Å². The predicted octanol–water partition coefficient (Wildman–Crippen LogP) is 2.28. The first-order valence-electron chi connectivity index (χ1n) is 5.29. The van der Waals surface area contributed by atoms with Gasteiger partial charge in [-0.25, -0.2) is 0 Å². The van der Waals surface area contributed by atoms with Crippen molar-refractivity contribution in [3.63, 3.8) is 0 Å². The zero-order valence-electron chi connectivity index (χ0n) is 9.23. The Kier molecular flexibility index (Phi) is 4.15. The predicted molar refractivity (Wildman–Crippen MR) is 66.2 cm³/mol. The molecule has 0 unspecified atom stereocenters. The van der Waals surface area contributed by atoms with Crippen molar-refractivity contribution in [2.24, 2.45) is 0 Å². The Balaban J connectivity index is 2.27. The van der Waals surface area contributed by atoms with Gasteiger partial charge in [-0.15, -0.1) is 0 Å². The quantitative estimate of drug-likeness (QED) is 0.398. The van der Waals surface area contributed by atoms with E-state index in [0.717, 1.165) is 12.8 Å². The normalized spacial score (nSPS) is 16.6. The first-order chi connectivity index (χ1) is 8.58. The largest absolute Gasteiger partial charge is 0.381 e. The number of rotatable bonds is 3. The van der Waals surface area contributed by atoms with Crippen molar-refractivity contribution >= 4 is 34.7 Å². The number of nitrogens with zero attached hydrogens (tertiary/aromatic N) is 3. The average Bonchev–Trinajstić information content (AvgIpc) is 2.28. The Labute approximate surface area is 113 Å². The number of anilines is 1. The van der Waals surface area contributed by atoms with Crippen LogP contribution in [0.15, 0.2) is 0 Å². The van der Waals surface area contributed by atoms with E-state index in [1.165, 1.54) is 0 Å². The third-order valence-electron chi connectivity index (χ3n) is 2.56. The first kappa shape index (κ1) is 13.3. The molecule has 2 heterocycles. The summed E-state index contributed by atoms with van der Waals surface area (Å²) in [5, 5.41) is 13.5. The van der Waals surface area contributed by atoms with E-state index in [1.807, 2.05) is 0 Å². The monoisotopic (exact) mass is 292 g/mol. The third-order valence-corrected chi connectivity index (χ3v) is 2.99. The highest BCUT2D eigenvalue weighted by molar-refractivity contribution is 6.33. The van der Waals surface area contributed by atoms with Crippen LogP contribution in [0.1, 0.15) is 12.8 Å². The second-order valence-corrected chi connectivity index (χ2v) is 4.46. The lowest BCUT2D eigenvalue weighted by atomic mass is 10.1. The lowest BCUT2D eigenvalue weighted by molar-refractivity contribution is -0.384. The van der Waals surface area contributed by atoms with Gasteiger partial charge in [-0.05, 0) is 24.4 Å². The van der Waals surface area contributed by atoms with Gasteiger partial charge in [-0.3, -0.25) is 10.1 Å². The summed E-state index contributed by atoms with van der Waals surface area (Å²) in [6, 6.07) is 0.0551. The molecule has 0 saturated carbocycles. The molecule has 2 rings (SSSR count). The van der Waals surface area contributed by atoms with Gasteiger partial charge in [0.15, 0.2) is 0 Å². The van der Waals surface area contributed by atoms with Crippen molar-refractivity contribution in [3.05, 3.63) is 20.6 Å². The molecule has 1 fully saturated rings. The fourth-order valence-corrected chi connectivity index (χ4v) is 2.15. The molecule has 1 aliphatic rings. The van der Waals surface area contributed by atoms with Crippen LogP contribution in [0.3, 0.4) is 0 Å². The van der Waals surface area contributed by atoms with Gasteiger partial charge in [0.1, 0.15) is 0 Å². The molecule has 0 bridgehead atoms. The summed E-state index contributed by atoms with van der Waals surface area (Å²) < 4.78 is 5.20. The molecular weight excluding hydrogens is 283 g/mol. The van der Waals surface area contributed by atoms with Gasteiger partial charge in [0.2, 0.25) is 16.3 Å². The Morgan fingerprint density at radius 2 is 2.00 bits per heavy atom. The van der Waals surface area contributed by atoms with Crippen LogP contribution in [0.4, 0.5) is 11.5 Å². The minimum Gasteiger partial charge on any atom is -0.381 e. The number of halogens is 2. The zero-order chi connectivity index (χ0) is 13.1. The number of nitrogens with one attached hydrogen (secondary N) is 1. The molecule has 0 aromatic carbocycles. The lowest BCUT2D eigenvalue weighted by Crippen LogP contribution is -2.28. The van der Waals surface area contributed by atoms with E-state index in [-0.39, 0.29) is 28.0 Å². The Bertz CT molecular complexity index is 465. The van der Waals surface area contributed by atoms with Crippen LogP contribution in [-0.4, -0.2) is 34.1 Å². The minimum absolute atomic E-state index is 0.0527. The van der Waals surface area contributed by atoms with Crippen LogP contribution in [-0.2, 0) is 4.74 Å². The molecule has 0 aliphatic carbocycles. The molecule has 1 aliphatic heterocycles. The van der Waals surface area contributed by atoms with E-state index in [1.54, 1.807) is 0 Å². The smallest absolute Gasteiger partial charge is 0.348 e. The SMILES string of the molecule is O=[N+]([O-])c1c(Cl)nc(Cl)nc1NC1CCOCC1. The summed E-state index contributed by atoms with van der Waals surface area (Å²) in [7, 11) is 0. The summed E-state index contributed by atoms with van der Waals surface area (Å²) in [6.07, 6.45) is 1.49. The van der Waals surface area contributed by atoms with Crippen LogP contribution in [0, 0.1) is 10.1 Å². The fraction of sp³-hybridized carbons (Fsp3) is 0.556. The van der Waals surface area contributed by atoms with Gasteiger partial charge in [-0.2, -0.15) is 9.97 Å². The zero-order valence-corrected chi connectivity index (χ0v) is 10.7. The van der Waals surface area contributed by atoms with Crippen molar-refractivity contribution in [3.8, 4) is 0 Å². The van der Waals surface area contributed by atoms with Crippen LogP contribution in [0.2, 0.25) is 10.4 Å². The molecular formula is C9H10Cl2N4O3. The van der Waals surface area contributed by atoms with E-state index >= 15 is 0 Å². The Hall–Kier alpha value is -1.18. The van der Waals surface area contributed by atoms with Gasteiger partial charge in [0, 0.05) is 19.3 Å². The number of hydrogen-bond donors (Lipinski definition) is 1. The van der Waals surface area contributed by atoms with E-state index < -0.39 is 4.92 Å². The maximum atomic E-state index is 10.9. The van der Waals surface area contributed by atoms with Crippen LogP contribution in [0.25, 0.3) is 0 Å². The van der Waals surface area contributed by atoms with Crippen LogP contribution in [0.5, 0.6) is 0 Å². The summed E-state index contributed by atoms with van der Waals surface area (Å²) >= 11 is 11.4. The summed E-state index contributed by atoms with van der Waals surface area (Å²) in [5.74, 6) is 0.0527. The van der Waals surface area contributed by atoms with Crippen LogP contribution >= 0.6 is 23.2 Å². The molecule has 98 valence electrons. The van der Waals surface area contributed by atoms with Gasteiger partial charge >= 0.3 is 5.69 Å². The summed E-state index contributed by atoms with van der Waals surface area (Å²) in [4.78, 5) is 17.7. The standard InChI is InChI=1S/C9H10Cl2N4O3/c10-7-6(15(16)17)8(14-9(11)13-7)12-5-1-3-18-4-2-5/h5H,1-4H2,(H,12,13,14). The second kappa shape index (κ2) is 5.64. The summed E-state index contributed by atoms with van der Waals surface area (Å²) in [6.45, 7) is 1.22. The molecule has 18 heavy (non-hydrogen) atoms. The minimum atomic E-state index is -0.625. The third kappa shape index (κ3) is 2.98. The lowest BCUT2D eigenvalue weighted by Gasteiger charge is -2.23. The molecule has 1 N–H and O–H groups in total. The van der Waals surface area contributed by atoms with E-state index in [4.69, 9.17) is 27.9 Å². The van der Waals surface area contributed by atoms with Gasteiger partial charge < -0.3 is 10.1 Å². The number of ether oxygens (including phenoxy) is 1. The van der Waals surface area contributed by atoms with Crippen molar-refractivity contribution < 1.29 is 9.66 Å². The molecule has 0 atom stereocenters. The maximum absolute atomic E-state index is 10.9. The highest BCUT2D eigenvalue weighted by Gasteiger charge is 2.25. The Morgan fingerprint density at radius 3 is 2.61 bits per heavy atom. The highest BCUT2D eigenvalue weighted by Crippen LogP contribution is 2.31. The molecule has 7 nitrogen and oxygen atoms in total. The van der Waals surface area contributed by atoms with Gasteiger partial charge in [0.05, 0.1) is 4.92 Å². The maximum Gasteiger partial charge on any atom is 0.348 e. The van der Waals surface area contributed by atoms with Crippen molar-refractivity contribution in [1.29, 1.82) is 0 Å². The molecule has 0 radical (unpaired) electrons. The Morgan fingerprint density at radius 1 is 1.33 bits per heavy atom. The molecule has 1 aromatic rings. The summed E-state index contributed by atoms with van der Waals surface area (Å²) in [5.41, 5.74) is -0.354. The number of hydrogen-bond acceptors (Lipinski definition) is 6. The first-order valence-corrected chi connectivity index (χ1v) is 6.05. The number of aromatic nitrogens is 2. The van der Waals surface area contributed by atoms with E-state index in [2.05, 4.69) is 15.3 Å². The molecule has 0 spiro atoms. The molecule has 0 amide bonds. The van der Waals surface area contributed by atoms with Gasteiger partial charge in [0.25, 0.3) is 0 Å². The van der Waals surface area contributed by atoms with Crippen molar-refractivity contribution in [2.75, 3.05) is 18.5 Å². The van der Waals surface area contributed by atoms with Crippen molar-refractivity contribution in [2.45, 2.75) is 18.9 Å². The number of nitro groups is 1. The van der Waals surface area contributed by atoms with Crippen molar-refractivity contribution in [1.82, 2.24) is 9.97 Å². The molecule has 9 heteroatoms. The molecule has 1 aromatic heterocycles. The van der Waals surface area contributed by atoms with E-state index in [9.17, 15) is 10.1 Å². The van der Waals surface area contributed by atoms with E-state index in [0.29, 0.717) is 13.2 Å².